The Hall–Kier alpha value is -0.210. The summed E-state index contributed by atoms with van der Waals surface area (Å²) < 4.78 is 31.0. The summed E-state index contributed by atoms with van der Waals surface area (Å²) in [5.74, 6) is 0. The van der Waals surface area contributed by atoms with Crippen molar-refractivity contribution < 1.29 is 18.3 Å². The van der Waals surface area contributed by atoms with Crippen molar-refractivity contribution in [2.24, 2.45) is 0 Å². The third-order valence-electron chi connectivity index (χ3n) is 1.63. The zero-order valence-electron chi connectivity index (χ0n) is 8.56. The van der Waals surface area contributed by atoms with Crippen molar-refractivity contribution >= 4 is 10.2 Å². The Labute approximate surface area is 85.0 Å². The maximum atomic E-state index is 11.4. The van der Waals surface area contributed by atoms with Crippen LogP contribution in [0.4, 0.5) is 0 Å². The Morgan fingerprint density at radius 1 is 1.50 bits per heavy atom. The van der Waals surface area contributed by atoms with Crippen LogP contribution in [0.1, 0.15) is 6.42 Å². The van der Waals surface area contributed by atoms with Gasteiger partial charge in [-0.3, -0.25) is 0 Å². The molecule has 7 heteroatoms. The molecule has 6 nitrogen and oxygen atoms in total. The van der Waals surface area contributed by atoms with Gasteiger partial charge >= 0.3 is 0 Å². The molecule has 0 aliphatic carbocycles. The molecule has 0 unspecified atom stereocenters. The van der Waals surface area contributed by atoms with E-state index in [-0.39, 0.29) is 13.2 Å². The number of rotatable bonds is 8. The molecule has 0 aromatic heterocycles. The van der Waals surface area contributed by atoms with E-state index in [0.717, 1.165) is 0 Å². The minimum atomic E-state index is -3.41. The van der Waals surface area contributed by atoms with Gasteiger partial charge in [0, 0.05) is 33.9 Å². The van der Waals surface area contributed by atoms with Crippen molar-refractivity contribution in [3.63, 3.8) is 0 Å². The van der Waals surface area contributed by atoms with Gasteiger partial charge in [-0.1, -0.05) is 0 Å². The van der Waals surface area contributed by atoms with Gasteiger partial charge in [0.05, 0.1) is 6.61 Å². The highest BCUT2D eigenvalue weighted by molar-refractivity contribution is 7.87. The van der Waals surface area contributed by atoms with Gasteiger partial charge in [-0.25, -0.2) is 0 Å². The molecular weight excluding hydrogens is 208 g/mol. The zero-order valence-corrected chi connectivity index (χ0v) is 9.38. The predicted molar refractivity (Wildman–Crippen MR) is 53.1 cm³/mol. The molecule has 0 amide bonds. The van der Waals surface area contributed by atoms with E-state index in [2.05, 4.69) is 4.72 Å². The second-order valence-corrected chi connectivity index (χ2v) is 4.65. The summed E-state index contributed by atoms with van der Waals surface area (Å²) in [6.07, 6.45) is 0.432. The quantitative estimate of drug-likeness (QED) is 0.509. The zero-order chi connectivity index (χ0) is 11.0. The Bertz CT molecular complexity index is 230. The molecule has 0 aliphatic heterocycles. The maximum Gasteiger partial charge on any atom is 0.279 e. The van der Waals surface area contributed by atoms with Crippen molar-refractivity contribution in [2.45, 2.75) is 6.42 Å². The van der Waals surface area contributed by atoms with Crippen molar-refractivity contribution in [2.75, 3.05) is 40.5 Å². The average molecular weight is 226 g/mol. The van der Waals surface area contributed by atoms with Crippen molar-refractivity contribution in [3.8, 4) is 0 Å². The minimum absolute atomic E-state index is 0.0159. The van der Waals surface area contributed by atoms with E-state index in [1.165, 1.54) is 18.5 Å². The van der Waals surface area contributed by atoms with Crippen LogP contribution in [0, 0.1) is 0 Å². The van der Waals surface area contributed by atoms with E-state index < -0.39 is 10.2 Å². The number of aliphatic hydroxyl groups is 1. The lowest BCUT2D eigenvalue weighted by molar-refractivity contribution is 0.203. The van der Waals surface area contributed by atoms with Gasteiger partial charge in [-0.15, -0.1) is 0 Å². The Kier molecular flexibility index (Phi) is 7.02. The van der Waals surface area contributed by atoms with Gasteiger partial charge in [0.25, 0.3) is 10.2 Å². The second-order valence-electron chi connectivity index (χ2n) is 2.79. The molecule has 0 spiro atoms. The SMILES string of the molecule is COCCNS(=O)(=O)N(C)CCCO. The van der Waals surface area contributed by atoms with Crippen LogP contribution < -0.4 is 4.72 Å². The summed E-state index contributed by atoms with van der Waals surface area (Å²) in [4.78, 5) is 0. The summed E-state index contributed by atoms with van der Waals surface area (Å²) in [7, 11) is -0.446. The molecule has 0 bridgehead atoms. The fraction of sp³-hybridized carbons (Fsp3) is 1.00. The molecule has 0 aromatic rings. The second kappa shape index (κ2) is 7.13. The van der Waals surface area contributed by atoms with Crippen LogP contribution in [0.15, 0.2) is 0 Å². The molecular formula is C7H18N2O4S. The topological polar surface area (TPSA) is 78.9 Å². The number of hydrogen-bond donors (Lipinski definition) is 2. The van der Waals surface area contributed by atoms with Gasteiger partial charge in [0.15, 0.2) is 0 Å². The first-order valence-corrected chi connectivity index (χ1v) is 5.79. The van der Waals surface area contributed by atoms with Crippen molar-refractivity contribution in [3.05, 3.63) is 0 Å². The van der Waals surface area contributed by atoms with Gasteiger partial charge in [0.1, 0.15) is 0 Å². The molecule has 0 fully saturated rings. The van der Waals surface area contributed by atoms with Crippen molar-refractivity contribution in [1.82, 2.24) is 9.03 Å². The number of nitrogens with zero attached hydrogens (tertiary/aromatic N) is 1. The smallest absolute Gasteiger partial charge is 0.279 e. The molecule has 0 atom stereocenters. The molecule has 0 aromatic carbocycles. The summed E-state index contributed by atoms with van der Waals surface area (Å²) >= 11 is 0. The van der Waals surface area contributed by atoms with E-state index in [4.69, 9.17) is 9.84 Å². The molecule has 0 saturated heterocycles. The first-order valence-electron chi connectivity index (χ1n) is 4.35. The first kappa shape index (κ1) is 13.8. The largest absolute Gasteiger partial charge is 0.396 e. The standard InChI is InChI=1S/C7H18N2O4S/c1-9(5-3-6-10)14(11,12)8-4-7-13-2/h8,10H,3-7H2,1-2H3. The third kappa shape index (κ3) is 5.51. The molecule has 0 heterocycles. The highest BCUT2D eigenvalue weighted by atomic mass is 32.2. The number of nitrogens with one attached hydrogen (secondary N) is 1. The normalized spacial score (nSPS) is 12.3. The van der Waals surface area contributed by atoms with E-state index >= 15 is 0 Å². The lowest BCUT2D eigenvalue weighted by Crippen LogP contribution is -2.40. The summed E-state index contributed by atoms with van der Waals surface area (Å²) in [5.41, 5.74) is 0. The van der Waals surface area contributed by atoms with Gasteiger partial charge in [-0.05, 0) is 6.42 Å². The van der Waals surface area contributed by atoms with E-state index in [1.54, 1.807) is 0 Å². The monoisotopic (exact) mass is 226 g/mol. The Morgan fingerprint density at radius 3 is 2.64 bits per heavy atom. The molecule has 14 heavy (non-hydrogen) atoms. The van der Waals surface area contributed by atoms with Crippen LogP contribution in [0.5, 0.6) is 0 Å². The average Bonchev–Trinajstić information content (AvgIpc) is 2.14. The van der Waals surface area contributed by atoms with Gasteiger partial charge < -0.3 is 9.84 Å². The number of ether oxygens (including phenoxy) is 1. The van der Waals surface area contributed by atoms with Crippen LogP contribution in [0.2, 0.25) is 0 Å². The lowest BCUT2D eigenvalue weighted by Gasteiger charge is -2.16. The molecule has 0 aliphatic rings. The summed E-state index contributed by atoms with van der Waals surface area (Å²) in [6.45, 7) is 0.881. The molecule has 2 N–H and O–H groups in total. The van der Waals surface area contributed by atoms with Crippen LogP contribution in [0.25, 0.3) is 0 Å². The summed E-state index contributed by atoms with van der Waals surface area (Å²) in [6, 6.07) is 0. The number of aliphatic hydroxyl groups excluding tert-OH is 1. The Morgan fingerprint density at radius 2 is 2.14 bits per heavy atom. The van der Waals surface area contributed by atoms with Crippen LogP contribution in [0.3, 0.4) is 0 Å². The number of hydrogen-bond acceptors (Lipinski definition) is 4. The van der Waals surface area contributed by atoms with E-state index in [0.29, 0.717) is 19.6 Å². The van der Waals surface area contributed by atoms with Crippen LogP contribution in [-0.2, 0) is 14.9 Å². The maximum absolute atomic E-state index is 11.4. The lowest BCUT2D eigenvalue weighted by atomic mass is 10.5. The molecule has 0 rings (SSSR count). The molecule has 0 radical (unpaired) electrons. The van der Waals surface area contributed by atoms with E-state index in [1.807, 2.05) is 0 Å². The molecule has 0 saturated carbocycles. The minimum Gasteiger partial charge on any atom is -0.396 e. The fourth-order valence-electron chi connectivity index (χ4n) is 0.796. The molecule has 86 valence electrons. The highest BCUT2D eigenvalue weighted by Crippen LogP contribution is 1.94. The van der Waals surface area contributed by atoms with Crippen molar-refractivity contribution in [1.29, 1.82) is 0 Å². The predicted octanol–water partition coefficient (Wildman–Crippen LogP) is -1.22. The number of methoxy groups -OCH3 is 1. The van der Waals surface area contributed by atoms with Gasteiger partial charge in [0.2, 0.25) is 0 Å². The fourth-order valence-corrected chi connectivity index (χ4v) is 1.73. The van der Waals surface area contributed by atoms with Crippen LogP contribution in [-0.4, -0.2) is 58.3 Å². The van der Waals surface area contributed by atoms with Gasteiger partial charge in [-0.2, -0.15) is 17.4 Å². The Balaban J connectivity index is 3.91. The summed E-state index contributed by atoms with van der Waals surface area (Å²) in [5, 5.41) is 8.53. The van der Waals surface area contributed by atoms with Crippen LogP contribution >= 0.6 is 0 Å². The highest BCUT2D eigenvalue weighted by Gasteiger charge is 2.15. The van der Waals surface area contributed by atoms with E-state index in [9.17, 15) is 8.42 Å². The first-order chi connectivity index (χ1) is 6.54. The third-order valence-corrected chi connectivity index (χ3v) is 3.20.